The van der Waals surface area contributed by atoms with Crippen molar-refractivity contribution in [2.24, 2.45) is 0 Å². The highest BCUT2D eigenvalue weighted by Crippen LogP contribution is 2.18. The molecule has 0 aromatic carbocycles. The SMILES string of the molecule is CCC(CC)n1ccc(CNC(CC)(CC)CCl)n1. The summed E-state index contributed by atoms with van der Waals surface area (Å²) in [5.41, 5.74) is 1.14. The maximum atomic E-state index is 6.10. The molecule has 1 aromatic rings. The molecule has 0 fully saturated rings. The van der Waals surface area contributed by atoms with E-state index in [0.717, 1.165) is 37.9 Å². The Kier molecular flexibility index (Phi) is 6.87. The molecule has 0 spiro atoms. The number of alkyl halides is 1. The minimum Gasteiger partial charge on any atom is -0.304 e. The third-order valence-corrected chi connectivity index (χ3v) is 4.75. The van der Waals surface area contributed by atoms with Gasteiger partial charge in [0.1, 0.15) is 0 Å². The van der Waals surface area contributed by atoms with Crippen molar-refractivity contribution in [1.29, 1.82) is 0 Å². The second-order valence-electron chi connectivity index (χ2n) is 5.23. The molecule has 1 N–H and O–H groups in total. The fraction of sp³-hybridized carbons (Fsp3) is 0.800. The molecule has 1 heterocycles. The molecule has 110 valence electrons. The highest BCUT2D eigenvalue weighted by molar-refractivity contribution is 6.18. The minimum absolute atomic E-state index is 0.0419. The van der Waals surface area contributed by atoms with E-state index in [1.54, 1.807) is 0 Å². The van der Waals surface area contributed by atoms with Crippen molar-refractivity contribution in [3.8, 4) is 0 Å². The van der Waals surface area contributed by atoms with E-state index < -0.39 is 0 Å². The van der Waals surface area contributed by atoms with Gasteiger partial charge in [0.2, 0.25) is 0 Å². The first-order valence-electron chi connectivity index (χ1n) is 7.49. The molecule has 0 aliphatic rings. The van der Waals surface area contributed by atoms with Gasteiger partial charge >= 0.3 is 0 Å². The van der Waals surface area contributed by atoms with Gasteiger partial charge in [0.05, 0.1) is 11.7 Å². The number of rotatable bonds is 9. The summed E-state index contributed by atoms with van der Waals surface area (Å²) < 4.78 is 2.09. The standard InChI is InChI=1S/C15H28ClN3/c1-5-14(6-2)19-10-9-13(18-19)11-17-15(7-3,8-4)12-16/h9-10,14,17H,5-8,11-12H2,1-4H3. The Bertz CT molecular complexity index is 346. The zero-order chi connectivity index (χ0) is 14.3. The van der Waals surface area contributed by atoms with Crippen molar-refractivity contribution in [1.82, 2.24) is 15.1 Å². The van der Waals surface area contributed by atoms with Crippen LogP contribution in [-0.2, 0) is 6.54 Å². The van der Waals surface area contributed by atoms with Crippen LogP contribution in [0.15, 0.2) is 12.3 Å². The van der Waals surface area contributed by atoms with E-state index in [1.807, 2.05) is 0 Å². The summed E-state index contributed by atoms with van der Waals surface area (Å²) >= 11 is 6.10. The van der Waals surface area contributed by atoms with Gasteiger partial charge in [-0.1, -0.05) is 27.7 Å². The van der Waals surface area contributed by atoms with Gasteiger partial charge in [0.15, 0.2) is 0 Å². The molecule has 0 unspecified atom stereocenters. The van der Waals surface area contributed by atoms with E-state index in [9.17, 15) is 0 Å². The van der Waals surface area contributed by atoms with Gasteiger partial charge in [-0.2, -0.15) is 5.10 Å². The lowest BCUT2D eigenvalue weighted by Gasteiger charge is -2.30. The average molecular weight is 286 g/mol. The summed E-state index contributed by atoms with van der Waals surface area (Å²) in [5.74, 6) is 0.646. The molecule has 3 nitrogen and oxygen atoms in total. The first-order chi connectivity index (χ1) is 9.14. The maximum Gasteiger partial charge on any atom is 0.0762 e. The van der Waals surface area contributed by atoms with Gasteiger partial charge in [-0.3, -0.25) is 4.68 Å². The van der Waals surface area contributed by atoms with Gasteiger partial charge < -0.3 is 5.32 Å². The molecule has 0 saturated heterocycles. The van der Waals surface area contributed by atoms with Crippen molar-refractivity contribution in [3.05, 3.63) is 18.0 Å². The lowest BCUT2D eigenvalue weighted by molar-refractivity contribution is 0.330. The number of nitrogens with one attached hydrogen (secondary N) is 1. The van der Waals surface area contributed by atoms with E-state index in [-0.39, 0.29) is 5.54 Å². The molecule has 4 heteroatoms. The summed E-state index contributed by atoms with van der Waals surface area (Å²) in [6, 6.07) is 2.62. The minimum atomic E-state index is 0.0419. The summed E-state index contributed by atoms with van der Waals surface area (Å²) in [4.78, 5) is 0. The molecule has 0 atom stereocenters. The van der Waals surface area contributed by atoms with Crippen LogP contribution in [0.5, 0.6) is 0 Å². The fourth-order valence-electron chi connectivity index (χ4n) is 2.35. The number of hydrogen-bond donors (Lipinski definition) is 1. The Balaban J connectivity index is 2.63. The monoisotopic (exact) mass is 285 g/mol. The highest BCUT2D eigenvalue weighted by atomic mass is 35.5. The van der Waals surface area contributed by atoms with Gasteiger partial charge in [-0.15, -0.1) is 11.6 Å². The van der Waals surface area contributed by atoms with Crippen molar-refractivity contribution in [2.45, 2.75) is 71.5 Å². The van der Waals surface area contributed by atoms with Gasteiger partial charge in [-0.05, 0) is 31.7 Å². The molecular weight excluding hydrogens is 258 g/mol. The lowest BCUT2D eigenvalue weighted by atomic mass is 9.95. The molecular formula is C15H28ClN3. The summed E-state index contributed by atoms with van der Waals surface area (Å²) in [5, 5.41) is 8.25. The largest absolute Gasteiger partial charge is 0.304 e. The Labute approximate surface area is 122 Å². The van der Waals surface area contributed by atoms with Crippen molar-refractivity contribution in [3.63, 3.8) is 0 Å². The summed E-state index contributed by atoms with van der Waals surface area (Å²) in [6.07, 6.45) is 6.43. The first-order valence-corrected chi connectivity index (χ1v) is 8.03. The predicted octanol–water partition coefficient (Wildman–Crippen LogP) is 4.13. The van der Waals surface area contributed by atoms with E-state index in [2.05, 4.69) is 55.1 Å². The van der Waals surface area contributed by atoms with Crippen LogP contribution in [0.4, 0.5) is 0 Å². The quantitative estimate of drug-likeness (QED) is 0.691. The molecule has 1 aromatic heterocycles. The second kappa shape index (κ2) is 7.91. The van der Waals surface area contributed by atoms with Gasteiger partial charge in [0, 0.05) is 24.2 Å². The van der Waals surface area contributed by atoms with Crippen LogP contribution in [0.1, 0.15) is 65.1 Å². The van der Waals surface area contributed by atoms with Crippen molar-refractivity contribution < 1.29 is 0 Å². The highest BCUT2D eigenvalue weighted by Gasteiger charge is 2.24. The molecule has 19 heavy (non-hydrogen) atoms. The molecule has 0 aliphatic heterocycles. The zero-order valence-electron chi connectivity index (χ0n) is 12.7. The topological polar surface area (TPSA) is 29.9 Å². The van der Waals surface area contributed by atoms with Crippen LogP contribution in [0.3, 0.4) is 0 Å². The number of nitrogens with zero attached hydrogens (tertiary/aromatic N) is 2. The molecule has 1 rings (SSSR count). The van der Waals surface area contributed by atoms with Crippen LogP contribution in [-0.4, -0.2) is 21.2 Å². The number of hydrogen-bond acceptors (Lipinski definition) is 2. The summed E-state index contributed by atoms with van der Waals surface area (Å²) in [6.45, 7) is 9.58. The fourth-order valence-corrected chi connectivity index (χ4v) is 2.82. The van der Waals surface area contributed by atoms with Crippen LogP contribution in [0.25, 0.3) is 0 Å². The van der Waals surface area contributed by atoms with Crippen molar-refractivity contribution in [2.75, 3.05) is 5.88 Å². The maximum absolute atomic E-state index is 6.10. The van der Waals surface area contributed by atoms with E-state index >= 15 is 0 Å². The second-order valence-corrected chi connectivity index (χ2v) is 5.50. The Hall–Kier alpha value is -0.540. The van der Waals surface area contributed by atoms with E-state index in [1.165, 1.54) is 0 Å². The van der Waals surface area contributed by atoms with Crippen LogP contribution in [0.2, 0.25) is 0 Å². The summed E-state index contributed by atoms with van der Waals surface area (Å²) in [7, 11) is 0. The Morgan fingerprint density at radius 1 is 1.26 bits per heavy atom. The van der Waals surface area contributed by atoms with Gasteiger partial charge in [-0.25, -0.2) is 0 Å². The smallest absolute Gasteiger partial charge is 0.0762 e. The molecule has 0 amide bonds. The van der Waals surface area contributed by atoms with Crippen molar-refractivity contribution >= 4 is 11.6 Å². The van der Waals surface area contributed by atoms with Crippen LogP contribution < -0.4 is 5.32 Å². The third-order valence-electron chi connectivity index (χ3n) is 4.23. The normalized spacial score (nSPS) is 12.3. The molecule has 0 radical (unpaired) electrons. The number of halogens is 1. The van der Waals surface area contributed by atoms with Crippen LogP contribution in [0, 0.1) is 0 Å². The molecule has 0 bridgehead atoms. The molecule has 0 aliphatic carbocycles. The Morgan fingerprint density at radius 3 is 2.37 bits per heavy atom. The van der Waals surface area contributed by atoms with Gasteiger partial charge in [0.25, 0.3) is 0 Å². The predicted molar refractivity (Wildman–Crippen MR) is 82.7 cm³/mol. The molecule has 0 saturated carbocycles. The lowest BCUT2D eigenvalue weighted by Crippen LogP contribution is -2.45. The Morgan fingerprint density at radius 2 is 1.89 bits per heavy atom. The first kappa shape index (κ1) is 16.5. The van der Waals surface area contributed by atoms with E-state index in [4.69, 9.17) is 11.6 Å². The van der Waals surface area contributed by atoms with E-state index in [0.29, 0.717) is 11.9 Å². The third kappa shape index (κ3) is 4.22. The number of aromatic nitrogens is 2. The van der Waals surface area contributed by atoms with Crippen LogP contribution >= 0.6 is 11.6 Å². The average Bonchev–Trinajstić information content (AvgIpc) is 2.91. The zero-order valence-corrected chi connectivity index (χ0v) is 13.5.